The molecule has 3 rings (SSSR count). The Morgan fingerprint density at radius 2 is 1.84 bits per heavy atom. The molecule has 1 amide bonds. The van der Waals surface area contributed by atoms with E-state index >= 15 is 0 Å². The van der Waals surface area contributed by atoms with Crippen LogP contribution in [0.2, 0.25) is 0 Å². The zero-order chi connectivity index (χ0) is 17.8. The molecule has 25 heavy (non-hydrogen) atoms. The molecule has 0 aliphatic rings. The highest BCUT2D eigenvalue weighted by Crippen LogP contribution is 2.16. The van der Waals surface area contributed by atoms with E-state index in [9.17, 15) is 4.79 Å². The van der Waals surface area contributed by atoms with Crippen LogP contribution in [0.5, 0.6) is 5.75 Å². The molecule has 0 spiro atoms. The summed E-state index contributed by atoms with van der Waals surface area (Å²) in [6.45, 7) is 3.96. The summed E-state index contributed by atoms with van der Waals surface area (Å²) in [7, 11) is 1.62. The number of carbonyl (C=O) groups is 1. The lowest BCUT2D eigenvalue weighted by Crippen LogP contribution is -2.12. The first-order chi connectivity index (χ1) is 12.0. The van der Waals surface area contributed by atoms with Gasteiger partial charge in [-0.1, -0.05) is 23.3 Å². The predicted molar refractivity (Wildman–Crippen MR) is 94.0 cm³/mol. The number of hydrogen-bond acceptors (Lipinski definition) is 5. The summed E-state index contributed by atoms with van der Waals surface area (Å²) >= 11 is 0. The normalized spacial score (nSPS) is 10.5. The second kappa shape index (κ2) is 7.17. The van der Waals surface area contributed by atoms with Crippen LogP contribution in [0.3, 0.4) is 0 Å². The second-order valence-corrected chi connectivity index (χ2v) is 5.78. The van der Waals surface area contributed by atoms with Gasteiger partial charge in [-0.05, 0) is 54.8 Å². The van der Waals surface area contributed by atoms with Crippen molar-refractivity contribution >= 4 is 11.9 Å². The number of carbonyl (C=O) groups excluding carboxylic acids is 1. The van der Waals surface area contributed by atoms with Gasteiger partial charge in [0.25, 0.3) is 5.91 Å². The van der Waals surface area contributed by atoms with Crippen LogP contribution in [-0.2, 0) is 6.42 Å². The average Bonchev–Trinajstić information content (AvgIpc) is 3.04. The Labute approximate surface area is 145 Å². The molecule has 1 heterocycles. The number of benzene rings is 2. The topological polar surface area (TPSA) is 77.3 Å². The summed E-state index contributed by atoms with van der Waals surface area (Å²) < 4.78 is 10.6. The highest BCUT2D eigenvalue weighted by Gasteiger charge is 2.12. The van der Waals surface area contributed by atoms with Gasteiger partial charge >= 0.3 is 6.01 Å². The van der Waals surface area contributed by atoms with Crippen molar-refractivity contribution in [3.8, 4) is 5.75 Å². The van der Waals surface area contributed by atoms with E-state index in [2.05, 4.69) is 15.5 Å². The quantitative estimate of drug-likeness (QED) is 0.770. The van der Waals surface area contributed by atoms with Gasteiger partial charge in [-0.25, -0.2) is 0 Å². The van der Waals surface area contributed by atoms with E-state index in [1.54, 1.807) is 13.2 Å². The van der Waals surface area contributed by atoms with E-state index in [4.69, 9.17) is 9.15 Å². The van der Waals surface area contributed by atoms with Crippen molar-refractivity contribution in [2.45, 2.75) is 20.3 Å². The SMILES string of the molecule is COc1ccc(Cc2nnc(NC(=O)c3ccc(C)c(C)c3)o2)cc1. The molecule has 0 aliphatic carbocycles. The highest BCUT2D eigenvalue weighted by molar-refractivity contribution is 6.03. The van der Waals surface area contributed by atoms with Crippen LogP contribution in [0.15, 0.2) is 46.9 Å². The number of nitrogens with zero attached hydrogens (tertiary/aromatic N) is 2. The van der Waals surface area contributed by atoms with Crippen LogP contribution >= 0.6 is 0 Å². The highest BCUT2D eigenvalue weighted by atomic mass is 16.5. The first-order valence-electron chi connectivity index (χ1n) is 7.89. The molecule has 0 atom stereocenters. The maximum atomic E-state index is 12.3. The average molecular weight is 337 g/mol. The lowest BCUT2D eigenvalue weighted by atomic mass is 10.1. The number of rotatable bonds is 5. The third-order valence-electron chi connectivity index (χ3n) is 3.97. The molecule has 1 N–H and O–H groups in total. The first kappa shape index (κ1) is 16.7. The monoisotopic (exact) mass is 337 g/mol. The van der Waals surface area contributed by atoms with E-state index in [0.717, 1.165) is 22.4 Å². The summed E-state index contributed by atoms with van der Waals surface area (Å²) in [4.78, 5) is 12.3. The van der Waals surface area contributed by atoms with Crippen LogP contribution in [0, 0.1) is 13.8 Å². The van der Waals surface area contributed by atoms with Crippen LogP contribution in [0.25, 0.3) is 0 Å². The lowest BCUT2D eigenvalue weighted by Gasteiger charge is -2.04. The van der Waals surface area contributed by atoms with Crippen LogP contribution in [0.1, 0.15) is 32.9 Å². The minimum Gasteiger partial charge on any atom is -0.497 e. The zero-order valence-corrected chi connectivity index (χ0v) is 14.4. The summed E-state index contributed by atoms with van der Waals surface area (Å²) in [5, 5.41) is 10.5. The van der Waals surface area contributed by atoms with Crippen LogP contribution in [0.4, 0.5) is 6.01 Å². The summed E-state index contributed by atoms with van der Waals surface area (Å²) in [5.41, 5.74) is 3.75. The number of hydrogen-bond donors (Lipinski definition) is 1. The molecule has 0 saturated carbocycles. The maximum absolute atomic E-state index is 12.3. The Morgan fingerprint density at radius 1 is 1.08 bits per heavy atom. The molecule has 128 valence electrons. The Kier molecular flexibility index (Phi) is 4.79. The minimum atomic E-state index is -0.275. The number of aryl methyl sites for hydroxylation is 2. The second-order valence-electron chi connectivity index (χ2n) is 5.78. The van der Waals surface area contributed by atoms with Gasteiger partial charge < -0.3 is 9.15 Å². The lowest BCUT2D eigenvalue weighted by molar-refractivity contribution is 0.102. The van der Waals surface area contributed by atoms with Crippen molar-refractivity contribution in [3.63, 3.8) is 0 Å². The Hall–Kier alpha value is -3.15. The first-order valence-corrected chi connectivity index (χ1v) is 7.89. The Balaban J connectivity index is 1.66. The fourth-order valence-corrected chi connectivity index (χ4v) is 2.35. The van der Waals surface area contributed by atoms with Gasteiger partial charge in [-0.3, -0.25) is 10.1 Å². The van der Waals surface area contributed by atoms with Crippen LogP contribution in [-0.4, -0.2) is 23.2 Å². The van der Waals surface area contributed by atoms with Crippen molar-refractivity contribution in [2.75, 3.05) is 12.4 Å². The van der Waals surface area contributed by atoms with Gasteiger partial charge in [0.1, 0.15) is 5.75 Å². The van der Waals surface area contributed by atoms with Gasteiger partial charge in [0, 0.05) is 5.56 Å². The molecular formula is C19H19N3O3. The van der Waals surface area contributed by atoms with Crippen molar-refractivity contribution < 1.29 is 13.9 Å². The molecule has 0 bridgehead atoms. The fourth-order valence-electron chi connectivity index (χ4n) is 2.35. The van der Waals surface area contributed by atoms with E-state index < -0.39 is 0 Å². The summed E-state index contributed by atoms with van der Waals surface area (Å²) in [6.07, 6.45) is 0.483. The Bertz CT molecular complexity index is 885. The summed E-state index contributed by atoms with van der Waals surface area (Å²) in [5.74, 6) is 0.943. The van der Waals surface area contributed by atoms with Gasteiger partial charge in [0.15, 0.2) is 0 Å². The largest absolute Gasteiger partial charge is 0.497 e. The maximum Gasteiger partial charge on any atom is 0.322 e. The standard InChI is InChI=1S/C19H19N3O3/c1-12-4-7-15(10-13(12)2)18(23)20-19-22-21-17(25-19)11-14-5-8-16(24-3)9-6-14/h4-10H,11H2,1-3H3,(H,20,22,23). The van der Waals surface area contributed by atoms with Gasteiger partial charge in [0.2, 0.25) is 5.89 Å². The van der Waals surface area contributed by atoms with Gasteiger partial charge in [-0.15, -0.1) is 5.10 Å². The fraction of sp³-hybridized carbons (Fsp3) is 0.211. The van der Waals surface area contributed by atoms with Crippen molar-refractivity contribution in [1.82, 2.24) is 10.2 Å². The molecule has 6 heteroatoms. The van der Waals surface area contributed by atoms with Crippen LogP contribution < -0.4 is 10.1 Å². The van der Waals surface area contributed by atoms with Crippen molar-refractivity contribution in [2.24, 2.45) is 0 Å². The van der Waals surface area contributed by atoms with E-state index in [-0.39, 0.29) is 11.9 Å². The van der Waals surface area contributed by atoms with E-state index in [1.165, 1.54) is 0 Å². The zero-order valence-electron chi connectivity index (χ0n) is 14.4. The smallest absolute Gasteiger partial charge is 0.322 e. The molecular weight excluding hydrogens is 318 g/mol. The summed E-state index contributed by atoms with van der Waals surface area (Å²) in [6, 6.07) is 13.2. The molecule has 2 aromatic carbocycles. The van der Waals surface area contributed by atoms with Gasteiger partial charge in [0.05, 0.1) is 13.5 Å². The third-order valence-corrected chi connectivity index (χ3v) is 3.97. The number of aromatic nitrogens is 2. The molecule has 0 radical (unpaired) electrons. The van der Waals surface area contributed by atoms with E-state index in [1.807, 2.05) is 50.2 Å². The molecule has 0 saturated heterocycles. The molecule has 6 nitrogen and oxygen atoms in total. The number of methoxy groups -OCH3 is 1. The molecule has 1 aromatic heterocycles. The number of ether oxygens (including phenoxy) is 1. The van der Waals surface area contributed by atoms with Gasteiger partial charge in [-0.2, -0.15) is 0 Å². The molecule has 3 aromatic rings. The van der Waals surface area contributed by atoms with Crippen molar-refractivity contribution in [3.05, 3.63) is 70.6 Å². The van der Waals surface area contributed by atoms with E-state index in [0.29, 0.717) is 17.9 Å². The number of anilines is 1. The number of amides is 1. The minimum absolute atomic E-state index is 0.0896. The molecule has 0 unspecified atom stereocenters. The third kappa shape index (κ3) is 4.03. The predicted octanol–water partition coefficient (Wildman–Crippen LogP) is 3.54. The number of nitrogens with one attached hydrogen (secondary N) is 1. The molecule has 0 aliphatic heterocycles. The van der Waals surface area contributed by atoms with Crippen molar-refractivity contribution in [1.29, 1.82) is 0 Å². The Morgan fingerprint density at radius 3 is 2.52 bits per heavy atom. The molecule has 0 fully saturated rings.